The second-order valence-electron chi connectivity index (χ2n) is 8.32. The minimum absolute atomic E-state index is 0. The molecule has 0 aliphatic rings. The van der Waals surface area contributed by atoms with Gasteiger partial charge in [-0.15, -0.1) is 0 Å². The van der Waals surface area contributed by atoms with Gasteiger partial charge in [-0.2, -0.15) is 8.42 Å². The minimum atomic E-state index is -5.30. The summed E-state index contributed by atoms with van der Waals surface area (Å²) in [6, 6.07) is 0. The van der Waals surface area contributed by atoms with Crippen LogP contribution in [0.3, 0.4) is 0 Å². The fourth-order valence-corrected chi connectivity index (χ4v) is 6.25. The maximum Gasteiger partial charge on any atom is 1.00 e. The molecule has 0 heterocycles. The maximum atomic E-state index is 12.6. The molecule has 178 valence electrons. The Morgan fingerprint density at radius 2 is 1.28 bits per heavy atom. The molecule has 0 amide bonds. The zero-order chi connectivity index (χ0) is 23.4. The normalized spacial score (nSPS) is 16.0. The summed E-state index contributed by atoms with van der Waals surface area (Å²) in [5, 5.41) is 24.6. The molecule has 4 unspecified atom stereocenters. The third-order valence-corrected chi connectivity index (χ3v) is 8.00. The Morgan fingerprint density at radius 3 is 1.59 bits per heavy atom. The van der Waals surface area contributed by atoms with Gasteiger partial charge in [0.2, 0.25) is 0 Å². The van der Waals surface area contributed by atoms with E-state index in [1.54, 1.807) is 13.8 Å². The summed E-state index contributed by atoms with van der Waals surface area (Å²) >= 11 is 0. The second kappa shape index (κ2) is 19.1. The number of hydrogen-bond acceptors (Lipinski definition) is 6. The Bertz CT molecular complexity index is 628. The molecule has 1 N–H and O–H groups in total. The molecule has 0 spiro atoms. The van der Waals surface area contributed by atoms with Crippen molar-refractivity contribution in [2.45, 2.75) is 109 Å². The van der Waals surface area contributed by atoms with E-state index in [1.807, 2.05) is 13.8 Å². The molecule has 0 saturated heterocycles. The quantitative estimate of drug-likeness (QED) is 0.120. The van der Waals surface area contributed by atoms with E-state index in [-0.39, 0.29) is 78.4 Å². The molecule has 10 heteroatoms. The molecule has 0 fully saturated rings. The van der Waals surface area contributed by atoms with Crippen molar-refractivity contribution in [2.24, 2.45) is 17.8 Å². The molecule has 4 atom stereocenters. The monoisotopic (exact) mass is 494 g/mol. The van der Waals surface area contributed by atoms with Crippen molar-refractivity contribution in [3.05, 3.63) is 0 Å². The molecule has 0 aromatic heterocycles. The Kier molecular flexibility index (Phi) is 22.3. The Labute approximate surface area is 239 Å². The van der Waals surface area contributed by atoms with Crippen LogP contribution in [0.2, 0.25) is 0 Å². The predicted octanol–water partition coefficient (Wildman–Crippen LogP) is -3.27. The zero-order valence-electron chi connectivity index (χ0n) is 21.0. The number of carboxylic acid groups (broad SMARTS) is 2. The molecule has 0 rings (SSSR count). The van der Waals surface area contributed by atoms with Crippen molar-refractivity contribution in [3.8, 4) is 0 Å². The van der Waals surface area contributed by atoms with Crippen LogP contribution in [0.25, 0.3) is 0 Å². The van der Waals surface area contributed by atoms with Gasteiger partial charge in [-0.3, -0.25) is 4.55 Å². The number of aliphatic carboxylic acids is 2. The summed E-state index contributed by atoms with van der Waals surface area (Å²) in [6.07, 6.45) is 7.47. The fourth-order valence-electron chi connectivity index (χ4n) is 4.72. The van der Waals surface area contributed by atoms with Crippen LogP contribution < -0.4 is 69.3 Å². The average molecular weight is 495 g/mol. The molecule has 0 bridgehead atoms. The standard InChI is InChI=1S/C22H42O7S.2Na/c1-5-9-11-13-15-17(7-3)19(20(23)24)22(21(25)26,30(27,28)29)18(8-4)16-14-12-10-6-2;;/h17-19H,5-16H2,1-4H3,(H,23,24)(H,25,26)(H,27,28,29);;/q;2*+1/p-2. The molecular weight excluding hydrogens is 454 g/mol. The van der Waals surface area contributed by atoms with Gasteiger partial charge in [0.05, 0.1) is 5.97 Å². The van der Waals surface area contributed by atoms with Gasteiger partial charge in [0, 0.05) is 11.9 Å². The number of carbonyl (C=O) groups is 2. The van der Waals surface area contributed by atoms with E-state index in [1.165, 1.54) is 0 Å². The Balaban J connectivity index is -0.00000420. The van der Waals surface area contributed by atoms with E-state index in [4.69, 9.17) is 0 Å². The van der Waals surface area contributed by atoms with E-state index >= 15 is 0 Å². The van der Waals surface area contributed by atoms with Gasteiger partial charge in [0.1, 0.15) is 4.75 Å². The van der Waals surface area contributed by atoms with Crippen LogP contribution >= 0.6 is 0 Å². The van der Waals surface area contributed by atoms with E-state index in [9.17, 15) is 32.8 Å². The number of carboxylic acids is 2. The smallest absolute Gasteiger partial charge is 0.550 e. The summed E-state index contributed by atoms with van der Waals surface area (Å²) in [6.45, 7) is 7.36. The van der Waals surface area contributed by atoms with Gasteiger partial charge in [-0.05, 0) is 24.7 Å². The van der Waals surface area contributed by atoms with Crippen molar-refractivity contribution in [3.63, 3.8) is 0 Å². The second-order valence-corrected chi connectivity index (χ2v) is 9.95. The third-order valence-electron chi connectivity index (χ3n) is 6.39. The summed E-state index contributed by atoms with van der Waals surface area (Å²) in [5.74, 6) is -7.52. The third kappa shape index (κ3) is 10.2. The topological polar surface area (TPSA) is 135 Å². The van der Waals surface area contributed by atoms with Crippen molar-refractivity contribution >= 4 is 22.1 Å². The van der Waals surface area contributed by atoms with Crippen LogP contribution in [-0.4, -0.2) is 29.7 Å². The molecule has 7 nitrogen and oxygen atoms in total. The van der Waals surface area contributed by atoms with Crippen LogP contribution in [-0.2, 0) is 19.7 Å². The first-order valence-corrected chi connectivity index (χ1v) is 12.9. The van der Waals surface area contributed by atoms with Gasteiger partial charge in [0.15, 0.2) is 0 Å². The van der Waals surface area contributed by atoms with Crippen LogP contribution in [0.4, 0.5) is 0 Å². The van der Waals surface area contributed by atoms with Crippen LogP contribution in [0.1, 0.15) is 105 Å². The number of carbonyl (C=O) groups excluding carboxylic acids is 2. The molecule has 32 heavy (non-hydrogen) atoms. The van der Waals surface area contributed by atoms with E-state index in [0.717, 1.165) is 38.5 Å². The van der Waals surface area contributed by atoms with Crippen LogP contribution in [0, 0.1) is 17.8 Å². The first-order chi connectivity index (χ1) is 14.1. The van der Waals surface area contributed by atoms with E-state index < -0.39 is 44.6 Å². The summed E-state index contributed by atoms with van der Waals surface area (Å²) in [7, 11) is -5.30. The zero-order valence-corrected chi connectivity index (χ0v) is 25.8. The molecule has 0 aliphatic heterocycles. The molecule has 0 aromatic rings. The maximum absolute atomic E-state index is 12.6. The first kappa shape index (κ1) is 37.4. The number of hydrogen-bond donors (Lipinski definition) is 1. The van der Waals surface area contributed by atoms with Crippen molar-refractivity contribution in [1.29, 1.82) is 0 Å². The SMILES string of the molecule is CCCCCCC(CC)C(C(=O)[O-])C(C(=O)[O-])(C(CC)CCCCCC)S(=O)(=O)O.[Na+].[Na+]. The average Bonchev–Trinajstić information content (AvgIpc) is 2.66. The largest absolute Gasteiger partial charge is 1.00 e. The summed E-state index contributed by atoms with van der Waals surface area (Å²) < 4.78 is 32.4. The Hall–Kier alpha value is 0.850. The molecule has 0 aromatic carbocycles. The van der Waals surface area contributed by atoms with E-state index in [0.29, 0.717) is 19.3 Å². The molecule has 0 aliphatic carbocycles. The van der Waals surface area contributed by atoms with Gasteiger partial charge in [0.25, 0.3) is 10.1 Å². The fraction of sp³-hybridized carbons (Fsp3) is 0.909. The van der Waals surface area contributed by atoms with Gasteiger partial charge < -0.3 is 19.8 Å². The molecular formula is C22H40Na2O7S. The van der Waals surface area contributed by atoms with Crippen LogP contribution in [0.5, 0.6) is 0 Å². The predicted molar refractivity (Wildman–Crippen MR) is 113 cm³/mol. The summed E-state index contributed by atoms with van der Waals surface area (Å²) in [4.78, 5) is 24.6. The van der Waals surface area contributed by atoms with Crippen molar-refractivity contribution in [2.75, 3.05) is 0 Å². The molecule has 0 saturated carbocycles. The minimum Gasteiger partial charge on any atom is -0.550 e. The van der Waals surface area contributed by atoms with E-state index in [2.05, 4.69) is 0 Å². The van der Waals surface area contributed by atoms with Gasteiger partial charge in [-0.25, -0.2) is 0 Å². The summed E-state index contributed by atoms with van der Waals surface area (Å²) in [5.41, 5.74) is 0. The van der Waals surface area contributed by atoms with Gasteiger partial charge in [-0.1, -0.05) is 91.9 Å². The number of rotatable bonds is 18. The van der Waals surface area contributed by atoms with Crippen LogP contribution in [0.15, 0.2) is 0 Å². The van der Waals surface area contributed by atoms with Gasteiger partial charge >= 0.3 is 59.1 Å². The van der Waals surface area contributed by atoms with Crippen molar-refractivity contribution < 1.29 is 91.9 Å². The number of unbranched alkanes of at least 4 members (excludes halogenated alkanes) is 6. The molecule has 0 radical (unpaired) electrons. The van der Waals surface area contributed by atoms with Crippen molar-refractivity contribution in [1.82, 2.24) is 0 Å². The first-order valence-electron chi connectivity index (χ1n) is 11.4. The Morgan fingerprint density at radius 1 is 0.812 bits per heavy atom.